The summed E-state index contributed by atoms with van der Waals surface area (Å²) in [5.41, 5.74) is 8.30. The maximum atomic E-state index is 12.9. The minimum absolute atomic E-state index is 0.162. The normalized spacial score (nSPS) is 24.0. The lowest BCUT2D eigenvalue weighted by Gasteiger charge is -2.40. The predicted octanol–water partition coefficient (Wildman–Crippen LogP) is 8.67. The molecule has 8 bridgehead atoms. The standard InChI is InChI=1S/C88H90N4O32/c1-41(93)109-69-37-105-85(81(117-49(9)101)77(69)113-45(5)97)121-57-21-13-17-53(33-57)73-61-25-27-63(89-61)74(54-18-14-22-58(34-54)122-86-82(118-50(10)102)78(114-46(6)98)70(38-106-86)110-42(2)94)65-29-31-67(91-65)76(56-20-16-24-60(36-56)124-88-84(120-52(12)104)80(116-48(8)100)72(40-108-88)112-44(4)96)68-32-30-66(92-68)75(64-28-26-62(73)90-64)55-19-15-23-59(35-55)123-87-83(119-51(11)103)79(115-47(7)99)71(39-107-87)111-43(3)95/h13-25,27,30,32-36,69-72,77-89,92H,26,28-29,31,37-40H2,1-12H3/t69-,70-,71-,72-,77+,78+,79+,80+,81-,82-,83-,84-,85+,86+,87+,88+/m1/s1. The molecule has 0 saturated carbocycles. The Morgan fingerprint density at radius 1 is 0.258 bits per heavy atom. The van der Waals surface area contributed by atoms with E-state index in [1.165, 1.54) is 0 Å². The van der Waals surface area contributed by atoms with Crippen molar-refractivity contribution in [2.24, 2.45) is 0 Å². The third kappa shape index (κ3) is 21.4. The second kappa shape index (κ2) is 38.8. The van der Waals surface area contributed by atoms with Crippen molar-refractivity contribution in [2.75, 3.05) is 26.4 Å². The molecule has 0 spiro atoms. The van der Waals surface area contributed by atoms with Crippen molar-refractivity contribution in [1.82, 2.24) is 19.9 Å². The molecular formula is C88H90N4O32. The van der Waals surface area contributed by atoms with Gasteiger partial charge < -0.3 is 105 Å². The molecule has 0 unspecified atom stereocenters. The number of fused-ring (bicyclic) bond motifs is 8. The quantitative estimate of drug-likeness (QED) is 0.0422. The van der Waals surface area contributed by atoms with E-state index in [9.17, 15) is 57.5 Å². The molecule has 4 aromatic carbocycles. The van der Waals surface area contributed by atoms with Crippen LogP contribution in [0.5, 0.6) is 23.0 Å². The average molecular weight is 1720 g/mol. The van der Waals surface area contributed by atoms with E-state index < -0.39 is 170 Å². The maximum absolute atomic E-state index is 12.9. The number of carbonyl (C=O) groups excluding carboxylic acids is 12. The maximum Gasteiger partial charge on any atom is 0.303 e. The summed E-state index contributed by atoms with van der Waals surface area (Å²) in [6, 6.07) is 35.0. The molecule has 654 valence electrons. The molecule has 0 aliphatic carbocycles. The first kappa shape index (κ1) is 88.5. The van der Waals surface area contributed by atoms with Gasteiger partial charge in [0, 0.05) is 127 Å². The number of nitrogens with one attached hydrogen (secondary N) is 2. The number of ether oxygens (including phenoxy) is 20. The molecule has 4 saturated heterocycles. The Hall–Kier alpha value is -13.3. The van der Waals surface area contributed by atoms with E-state index in [1.54, 1.807) is 72.8 Å². The summed E-state index contributed by atoms with van der Waals surface area (Å²) in [5.74, 6) is -8.55. The van der Waals surface area contributed by atoms with Gasteiger partial charge in [0.05, 0.1) is 49.2 Å². The van der Waals surface area contributed by atoms with Crippen LogP contribution in [0.1, 0.15) is 106 Å². The highest BCUT2D eigenvalue weighted by Gasteiger charge is 2.53. The van der Waals surface area contributed by atoms with Crippen LogP contribution in [0.3, 0.4) is 0 Å². The zero-order valence-corrected chi connectivity index (χ0v) is 69.4. The van der Waals surface area contributed by atoms with Crippen molar-refractivity contribution in [3.63, 3.8) is 0 Å². The molecule has 2 N–H and O–H groups in total. The van der Waals surface area contributed by atoms with Crippen LogP contribution >= 0.6 is 0 Å². The number of aromatic amines is 2. The van der Waals surface area contributed by atoms with Gasteiger partial charge in [-0.1, -0.05) is 48.5 Å². The molecule has 36 heteroatoms. The molecule has 9 heterocycles. The lowest BCUT2D eigenvalue weighted by molar-refractivity contribution is -0.259. The molecule has 7 aromatic rings. The van der Waals surface area contributed by atoms with Crippen LogP contribution in [0.25, 0.3) is 66.6 Å². The van der Waals surface area contributed by atoms with Crippen LogP contribution in [0.2, 0.25) is 0 Å². The summed E-state index contributed by atoms with van der Waals surface area (Å²) < 4.78 is 119. The van der Waals surface area contributed by atoms with Gasteiger partial charge in [0.1, 0.15) is 23.0 Å². The zero-order valence-electron chi connectivity index (χ0n) is 69.4. The average Bonchev–Trinajstić information content (AvgIpc) is 1.59. The Morgan fingerprint density at radius 3 is 0.629 bits per heavy atom. The molecule has 0 amide bonds. The smallest absolute Gasteiger partial charge is 0.303 e. The predicted molar refractivity (Wildman–Crippen MR) is 426 cm³/mol. The zero-order chi connectivity index (χ0) is 88.5. The third-order valence-electron chi connectivity index (χ3n) is 20.1. The number of esters is 12. The first-order valence-corrected chi connectivity index (χ1v) is 39.6. The fourth-order valence-corrected chi connectivity index (χ4v) is 15.7. The molecule has 6 aliphatic rings. The summed E-state index contributed by atoms with van der Waals surface area (Å²) in [7, 11) is 0. The molecule has 6 aliphatic heterocycles. The first-order chi connectivity index (χ1) is 59.3. The van der Waals surface area contributed by atoms with Crippen LogP contribution in [0, 0.1) is 0 Å². The number of H-pyrrole nitrogens is 2. The third-order valence-corrected chi connectivity index (χ3v) is 20.1. The highest BCUT2D eigenvalue weighted by atomic mass is 16.8. The van der Waals surface area contributed by atoms with E-state index in [4.69, 9.17) is 105 Å². The lowest BCUT2D eigenvalue weighted by atomic mass is 10.00. The largest absolute Gasteiger partial charge is 0.461 e. The Bertz CT molecular complexity index is 4810. The van der Waals surface area contributed by atoms with Gasteiger partial charge >= 0.3 is 71.6 Å². The summed E-state index contributed by atoms with van der Waals surface area (Å²) in [5, 5.41) is 0. The Kier molecular flexibility index (Phi) is 27.7. The van der Waals surface area contributed by atoms with E-state index >= 15 is 0 Å². The fourth-order valence-electron chi connectivity index (χ4n) is 15.7. The number of aromatic nitrogens is 4. The minimum atomic E-state index is -1.47. The van der Waals surface area contributed by atoms with Gasteiger partial charge in [-0.05, 0) is 121 Å². The second-order valence-electron chi connectivity index (χ2n) is 29.7. The lowest BCUT2D eigenvalue weighted by Crippen LogP contribution is -2.59. The van der Waals surface area contributed by atoms with E-state index in [1.807, 2.05) is 48.5 Å². The number of benzene rings is 4. The summed E-state index contributed by atoms with van der Waals surface area (Å²) >= 11 is 0. The number of rotatable bonds is 24. The first-order valence-electron chi connectivity index (χ1n) is 39.6. The van der Waals surface area contributed by atoms with E-state index in [2.05, 4.69) is 9.97 Å². The Labute approximate surface area is 708 Å². The molecule has 124 heavy (non-hydrogen) atoms. The summed E-state index contributed by atoms with van der Waals surface area (Å²) in [6.07, 6.45) is -21.0. The van der Waals surface area contributed by atoms with E-state index in [0.29, 0.717) is 89.4 Å². The van der Waals surface area contributed by atoms with Crippen molar-refractivity contribution < 1.29 is 152 Å². The van der Waals surface area contributed by atoms with E-state index in [0.717, 1.165) is 83.1 Å². The van der Waals surface area contributed by atoms with Crippen LogP contribution in [0.4, 0.5) is 0 Å². The Morgan fingerprint density at radius 2 is 0.444 bits per heavy atom. The monoisotopic (exact) mass is 1710 g/mol. The SMILES string of the molecule is CC(=O)O[C@@H]1[C@@H](OC(C)=O)[C@H](Oc2cccc(-c3c4nc(c(-c5cccc(O[C@@H]6OC[C@@H](OC(C)=O)[C@H](OC(C)=O)[C@H]6OC(C)=O)c5)c5ccc([nH]5)c(-c5cccc(O[C@@H]6OC[C@@H](OC(C)=O)[C@H](OC(C)=O)[C@H]6OC(C)=O)c5)c5nc(c(-c6cccc(O[C@@H]7OC[C@@H](OC(C)=O)[C@H](OC(C)=O)[C@H]7OC(C)=O)c6)c6ccc3[nH]6)CC5)CC4)c2)OC[C@H]1OC(C)=O. The number of hydrogen-bond donors (Lipinski definition) is 2. The van der Waals surface area contributed by atoms with Gasteiger partial charge in [0.2, 0.25) is 49.6 Å². The van der Waals surface area contributed by atoms with Crippen LogP contribution in [-0.2, 0) is 159 Å². The molecule has 36 nitrogen and oxygen atoms in total. The van der Waals surface area contributed by atoms with Crippen LogP contribution in [0.15, 0.2) is 121 Å². The minimum Gasteiger partial charge on any atom is -0.461 e. The van der Waals surface area contributed by atoms with E-state index in [-0.39, 0.29) is 75.1 Å². The van der Waals surface area contributed by atoms with Gasteiger partial charge in [-0.25, -0.2) is 0 Å². The highest BCUT2D eigenvalue weighted by molar-refractivity contribution is 5.93. The van der Waals surface area contributed by atoms with Gasteiger partial charge in [-0.2, -0.15) is 0 Å². The van der Waals surface area contributed by atoms with Crippen molar-refractivity contribution in [2.45, 2.75) is 207 Å². The second-order valence-corrected chi connectivity index (χ2v) is 29.7. The van der Waals surface area contributed by atoms with Gasteiger partial charge in [-0.15, -0.1) is 0 Å². The van der Waals surface area contributed by atoms with Crippen molar-refractivity contribution in [3.8, 4) is 67.5 Å². The number of hydrogen-bond acceptors (Lipinski definition) is 34. The molecule has 13 rings (SSSR count). The summed E-state index contributed by atoms with van der Waals surface area (Å²) in [4.78, 5) is 171. The number of carbonyl (C=O) groups is 12. The molecule has 4 fully saturated rings. The van der Waals surface area contributed by atoms with Gasteiger partial charge in [0.25, 0.3) is 0 Å². The van der Waals surface area contributed by atoms with Crippen LogP contribution in [-0.4, -0.2) is 216 Å². The molecule has 3 aromatic heterocycles. The fraction of sp³-hybridized carbons (Fsp3) is 0.409. The van der Waals surface area contributed by atoms with Crippen molar-refractivity contribution in [1.29, 1.82) is 0 Å². The van der Waals surface area contributed by atoms with Crippen LogP contribution < -0.4 is 18.9 Å². The van der Waals surface area contributed by atoms with Crippen molar-refractivity contribution in [3.05, 3.63) is 144 Å². The topological polar surface area (TPSA) is 447 Å². The van der Waals surface area contributed by atoms with Crippen molar-refractivity contribution >= 4 is 93.7 Å². The number of nitrogens with zero attached hydrogens (tertiary/aromatic N) is 2. The molecule has 16 atom stereocenters. The Balaban J connectivity index is 1.04. The highest BCUT2D eigenvalue weighted by Crippen LogP contribution is 2.43. The number of aryl methyl sites for hydroxylation is 4. The molecule has 0 radical (unpaired) electrons. The molecular weight excluding hydrogens is 1620 g/mol. The van der Waals surface area contributed by atoms with Gasteiger partial charge in [-0.3, -0.25) is 67.5 Å². The van der Waals surface area contributed by atoms with Gasteiger partial charge in [0.15, 0.2) is 48.8 Å². The summed E-state index contributed by atoms with van der Waals surface area (Å²) in [6.45, 7) is 12.4.